The zero-order valence-electron chi connectivity index (χ0n) is 15.3. The summed E-state index contributed by atoms with van der Waals surface area (Å²) < 4.78 is 5.29. The summed E-state index contributed by atoms with van der Waals surface area (Å²) in [6.45, 7) is 7.06. The van der Waals surface area contributed by atoms with Crippen molar-refractivity contribution in [2.75, 3.05) is 27.2 Å². The number of amides is 1. The first-order valence-corrected chi connectivity index (χ1v) is 8.59. The van der Waals surface area contributed by atoms with E-state index in [9.17, 15) is 4.79 Å². The topological polar surface area (TPSA) is 41.6 Å². The van der Waals surface area contributed by atoms with Crippen LogP contribution in [0.5, 0.6) is 5.75 Å². The minimum absolute atomic E-state index is 0. The van der Waals surface area contributed by atoms with E-state index in [1.54, 1.807) is 7.11 Å². The lowest BCUT2D eigenvalue weighted by Gasteiger charge is -2.29. The van der Waals surface area contributed by atoms with Gasteiger partial charge in [0.15, 0.2) is 0 Å². The largest absolute Gasteiger partial charge is 0.496 e. The van der Waals surface area contributed by atoms with Gasteiger partial charge in [0.25, 0.3) is 0 Å². The van der Waals surface area contributed by atoms with Gasteiger partial charge in [0.1, 0.15) is 5.75 Å². The van der Waals surface area contributed by atoms with E-state index in [-0.39, 0.29) is 18.3 Å². The number of hydrogen-bond acceptors (Lipinski definition) is 3. The predicted octanol–water partition coefficient (Wildman–Crippen LogP) is 3.41. The summed E-state index contributed by atoms with van der Waals surface area (Å²) in [6, 6.07) is 6.10. The fraction of sp³-hybridized carbons (Fsp3) is 0.632. The number of hydrogen-bond donors (Lipinski definition) is 1. The summed E-state index contributed by atoms with van der Waals surface area (Å²) in [6.07, 6.45) is 3.10. The maximum Gasteiger partial charge on any atom is 0.222 e. The zero-order valence-corrected chi connectivity index (χ0v) is 16.1. The molecule has 1 fully saturated rings. The zero-order chi connectivity index (χ0) is 16.8. The quantitative estimate of drug-likeness (QED) is 0.851. The standard InChI is InChI=1S/C19H30N2O2.ClH/c1-14(17-6-5-9-20-12-17)11-19(22)21(3)13-16-7-8-18(23-4)15(2)10-16;/h7-8,10,14,17,20H,5-6,9,11-13H2,1-4H3;1H. The molecule has 2 atom stereocenters. The highest BCUT2D eigenvalue weighted by Gasteiger charge is 2.23. The molecule has 1 saturated heterocycles. The van der Waals surface area contributed by atoms with Crippen molar-refractivity contribution in [3.8, 4) is 5.75 Å². The summed E-state index contributed by atoms with van der Waals surface area (Å²) in [4.78, 5) is 14.3. The molecule has 1 aliphatic rings. The molecule has 1 heterocycles. The number of carbonyl (C=O) groups excluding carboxylic acids is 1. The fourth-order valence-corrected chi connectivity index (χ4v) is 3.36. The number of benzene rings is 1. The van der Waals surface area contributed by atoms with Gasteiger partial charge in [-0.15, -0.1) is 12.4 Å². The van der Waals surface area contributed by atoms with Crippen LogP contribution in [0, 0.1) is 18.8 Å². The number of methoxy groups -OCH3 is 1. The maximum absolute atomic E-state index is 12.5. The van der Waals surface area contributed by atoms with E-state index in [4.69, 9.17) is 4.74 Å². The molecule has 1 amide bonds. The minimum Gasteiger partial charge on any atom is -0.496 e. The molecule has 1 aromatic carbocycles. The summed E-state index contributed by atoms with van der Waals surface area (Å²) >= 11 is 0. The highest BCUT2D eigenvalue weighted by molar-refractivity contribution is 5.85. The van der Waals surface area contributed by atoms with E-state index in [0.29, 0.717) is 24.8 Å². The molecule has 0 aromatic heterocycles. The number of nitrogens with one attached hydrogen (secondary N) is 1. The molecule has 1 aliphatic heterocycles. The van der Waals surface area contributed by atoms with Crippen molar-refractivity contribution in [3.05, 3.63) is 29.3 Å². The van der Waals surface area contributed by atoms with Crippen molar-refractivity contribution in [3.63, 3.8) is 0 Å². The van der Waals surface area contributed by atoms with Gasteiger partial charge in [-0.25, -0.2) is 0 Å². The van der Waals surface area contributed by atoms with E-state index in [1.165, 1.54) is 12.8 Å². The SMILES string of the molecule is COc1ccc(CN(C)C(=O)CC(C)C2CCCNC2)cc1C.Cl. The van der Waals surface area contributed by atoms with Crippen LogP contribution in [0.4, 0.5) is 0 Å². The van der Waals surface area contributed by atoms with Crippen molar-refractivity contribution < 1.29 is 9.53 Å². The van der Waals surface area contributed by atoms with Crippen molar-refractivity contribution in [1.82, 2.24) is 10.2 Å². The number of halogens is 1. The Morgan fingerprint density at radius 3 is 2.79 bits per heavy atom. The van der Waals surface area contributed by atoms with Gasteiger partial charge in [-0.1, -0.05) is 19.1 Å². The molecule has 1 aromatic rings. The molecule has 0 aliphatic carbocycles. The van der Waals surface area contributed by atoms with Crippen LogP contribution in [0.1, 0.15) is 37.3 Å². The lowest BCUT2D eigenvalue weighted by Crippen LogP contribution is -2.36. The monoisotopic (exact) mass is 354 g/mol. The van der Waals surface area contributed by atoms with Crippen LogP contribution in [0.2, 0.25) is 0 Å². The number of carbonyl (C=O) groups is 1. The van der Waals surface area contributed by atoms with E-state index >= 15 is 0 Å². The molecule has 136 valence electrons. The number of piperidine rings is 1. The molecule has 0 bridgehead atoms. The Labute approximate surface area is 152 Å². The second-order valence-corrected chi connectivity index (χ2v) is 6.84. The molecule has 2 unspecified atom stereocenters. The molecule has 4 nitrogen and oxygen atoms in total. The summed E-state index contributed by atoms with van der Waals surface area (Å²) in [5.74, 6) is 2.19. The van der Waals surface area contributed by atoms with Crippen molar-refractivity contribution in [2.45, 2.75) is 39.7 Å². The Balaban J connectivity index is 0.00000288. The van der Waals surface area contributed by atoms with E-state index in [2.05, 4.69) is 18.3 Å². The molecule has 0 saturated carbocycles. The van der Waals surface area contributed by atoms with Crippen LogP contribution in [-0.4, -0.2) is 38.1 Å². The third-order valence-electron chi connectivity index (χ3n) is 4.94. The number of rotatable bonds is 6. The van der Waals surface area contributed by atoms with Gasteiger partial charge < -0.3 is 15.0 Å². The van der Waals surface area contributed by atoms with Crippen LogP contribution in [0.15, 0.2) is 18.2 Å². The average molecular weight is 355 g/mol. The van der Waals surface area contributed by atoms with Gasteiger partial charge in [-0.2, -0.15) is 0 Å². The van der Waals surface area contributed by atoms with Gasteiger partial charge in [0, 0.05) is 20.0 Å². The molecule has 2 rings (SSSR count). The molecule has 0 spiro atoms. The summed E-state index contributed by atoms with van der Waals surface area (Å²) in [7, 11) is 3.58. The third-order valence-corrected chi connectivity index (χ3v) is 4.94. The minimum atomic E-state index is 0. The van der Waals surface area contributed by atoms with Crippen LogP contribution in [-0.2, 0) is 11.3 Å². The first-order chi connectivity index (χ1) is 11.0. The van der Waals surface area contributed by atoms with Crippen molar-refractivity contribution in [1.29, 1.82) is 0 Å². The molecular weight excluding hydrogens is 324 g/mol. The molecule has 5 heteroatoms. The average Bonchev–Trinajstić information content (AvgIpc) is 2.55. The van der Waals surface area contributed by atoms with E-state index in [1.807, 2.05) is 31.0 Å². The highest BCUT2D eigenvalue weighted by atomic mass is 35.5. The second-order valence-electron chi connectivity index (χ2n) is 6.84. The Hall–Kier alpha value is -1.26. The number of aryl methyl sites for hydroxylation is 1. The predicted molar refractivity (Wildman–Crippen MR) is 101 cm³/mol. The fourth-order valence-electron chi connectivity index (χ4n) is 3.36. The lowest BCUT2D eigenvalue weighted by molar-refractivity contribution is -0.131. The summed E-state index contributed by atoms with van der Waals surface area (Å²) in [5, 5.41) is 3.44. The molecule has 1 N–H and O–H groups in total. The van der Waals surface area contributed by atoms with Gasteiger partial charge in [0.05, 0.1) is 7.11 Å². The lowest BCUT2D eigenvalue weighted by atomic mass is 9.85. The number of ether oxygens (including phenoxy) is 1. The van der Waals surface area contributed by atoms with Gasteiger partial charge in [0.2, 0.25) is 5.91 Å². The first-order valence-electron chi connectivity index (χ1n) is 8.59. The van der Waals surface area contributed by atoms with Gasteiger partial charge in [-0.05, 0) is 61.9 Å². The first kappa shape index (κ1) is 20.8. The summed E-state index contributed by atoms with van der Waals surface area (Å²) in [5.41, 5.74) is 2.25. The van der Waals surface area contributed by atoms with Crippen LogP contribution in [0.25, 0.3) is 0 Å². The van der Waals surface area contributed by atoms with Crippen LogP contribution >= 0.6 is 12.4 Å². The van der Waals surface area contributed by atoms with Crippen LogP contribution < -0.4 is 10.1 Å². The highest BCUT2D eigenvalue weighted by Crippen LogP contribution is 2.24. The Kier molecular flexibility index (Phi) is 8.57. The van der Waals surface area contributed by atoms with E-state index in [0.717, 1.165) is 30.0 Å². The normalized spacial score (nSPS) is 18.4. The van der Waals surface area contributed by atoms with Gasteiger partial charge >= 0.3 is 0 Å². The van der Waals surface area contributed by atoms with Crippen LogP contribution in [0.3, 0.4) is 0 Å². The Morgan fingerprint density at radius 1 is 1.46 bits per heavy atom. The van der Waals surface area contributed by atoms with E-state index < -0.39 is 0 Å². The molecule has 24 heavy (non-hydrogen) atoms. The second kappa shape index (κ2) is 9.90. The third kappa shape index (κ3) is 5.67. The maximum atomic E-state index is 12.5. The smallest absolute Gasteiger partial charge is 0.222 e. The van der Waals surface area contributed by atoms with Gasteiger partial charge in [-0.3, -0.25) is 4.79 Å². The molecule has 0 radical (unpaired) electrons. The Morgan fingerprint density at radius 2 is 2.21 bits per heavy atom. The van der Waals surface area contributed by atoms with Crippen molar-refractivity contribution >= 4 is 18.3 Å². The molecular formula is C19H31ClN2O2. The Bertz CT molecular complexity index is 530. The van der Waals surface area contributed by atoms with Crippen molar-refractivity contribution in [2.24, 2.45) is 11.8 Å². The number of nitrogens with zero attached hydrogens (tertiary/aromatic N) is 1.